The lowest BCUT2D eigenvalue weighted by atomic mass is 9.81. The molecule has 3 N–H and O–H groups in total. The molecule has 0 aliphatic carbocycles. The minimum atomic E-state index is -0.816. The molecule has 2 saturated heterocycles. The Kier molecular flexibility index (Phi) is 8.62. The second kappa shape index (κ2) is 11.4. The molecule has 2 aliphatic rings. The van der Waals surface area contributed by atoms with E-state index in [4.69, 9.17) is 0 Å². The van der Waals surface area contributed by atoms with Crippen molar-refractivity contribution < 1.29 is 24.4 Å². The van der Waals surface area contributed by atoms with Crippen molar-refractivity contribution in [2.75, 3.05) is 26.7 Å². The summed E-state index contributed by atoms with van der Waals surface area (Å²) >= 11 is 0. The summed E-state index contributed by atoms with van der Waals surface area (Å²) in [5, 5.41) is 10.1. The number of amides is 5. The van der Waals surface area contributed by atoms with E-state index in [1.54, 1.807) is 5.48 Å². The number of carbonyl (C=O) groups is 4. The first-order valence-corrected chi connectivity index (χ1v) is 11.8. The van der Waals surface area contributed by atoms with Crippen molar-refractivity contribution in [3.8, 4) is 0 Å². The molecule has 0 radical (unpaired) electrons. The number of piperazine rings is 1. The van der Waals surface area contributed by atoms with Crippen LogP contribution >= 0.6 is 0 Å². The third kappa shape index (κ3) is 5.92. The first kappa shape index (κ1) is 25.6. The number of likely N-dealkylation sites (N-methyl/N-ethyl adjacent to an activating group) is 1. The summed E-state index contributed by atoms with van der Waals surface area (Å²) in [6, 6.07) is 8.63. The van der Waals surface area contributed by atoms with E-state index >= 15 is 0 Å². The van der Waals surface area contributed by atoms with Crippen LogP contribution < -0.4 is 10.9 Å². The number of benzene rings is 1. The zero-order valence-corrected chi connectivity index (χ0v) is 20.1. The predicted octanol–water partition coefficient (Wildman–Crippen LogP) is 1.40. The summed E-state index contributed by atoms with van der Waals surface area (Å²) in [7, 11) is 1.88. The van der Waals surface area contributed by atoms with E-state index in [0.717, 1.165) is 17.0 Å². The van der Waals surface area contributed by atoms with Gasteiger partial charge in [0.25, 0.3) is 5.91 Å². The van der Waals surface area contributed by atoms with E-state index < -0.39 is 41.6 Å². The van der Waals surface area contributed by atoms with Gasteiger partial charge >= 0.3 is 6.03 Å². The van der Waals surface area contributed by atoms with Crippen LogP contribution in [0.15, 0.2) is 30.3 Å². The Bertz CT molecular complexity index is 893. The molecule has 5 amide bonds. The van der Waals surface area contributed by atoms with Gasteiger partial charge in [-0.1, -0.05) is 44.2 Å². The number of hydroxylamine groups is 1. The highest BCUT2D eigenvalue weighted by Gasteiger charge is 2.49. The fourth-order valence-corrected chi connectivity index (χ4v) is 4.76. The maximum Gasteiger partial charge on any atom is 0.346 e. The van der Waals surface area contributed by atoms with Crippen LogP contribution in [0.2, 0.25) is 0 Å². The number of hydrogen-bond donors (Lipinski definition) is 3. The molecule has 10 heteroatoms. The lowest BCUT2D eigenvalue weighted by Crippen LogP contribution is -2.51. The average Bonchev–Trinajstić information content (AvgIpc) is 3.04. The normalized spacial score (nSPS) is 20.3. The molecule has 1 aromatic rings. The zero-order chi connectivity index (χ0) is 24.8. The van der Waals surface area contributed by atoms with Crippen molar-refractivity contribution in [1.29, 1.82) is 0 Å². The summed E-state index contributed by atoms with van der Waals surface area (Å²) in [5.74, 6) is -3.24. The molecule has 34 heavy (non-hydrogen) atoms. The Morgan fingerprint density at radius 3 is 2.44 bits per heavy atom. The fraction of sp³-hybridized carbons (Fsp3) is 0.583. The van der Waals surface area contributed by atoms with Gasteiger partial charge in [-0.2, -0.15) is 5.01 Å². The molecule has 0 aromatic heterocycles. The number of nitrogens with zero attached hydrogens (tertiary/aromatic N) is 3. The Hall–Kier alpha value is -2.98. The molecule has 2 fully saturated rings. The van der Waals surface area contributed by atoms with Crippen LogP contribution in [0.25, 0.3) is 0 Å². The maximum atomic E-state index is 13.3. The van der Waals surface area contributed by atoms with Crippen molar-refractivity contribution in [1.82, 2.24) is 25.7 Å². The smallest absolute Gasteiger partial charge is 0.308 e. The molecular weight excluding hydrogens is 438 g/mol. The second-order valence-corrected chi connectivity index (χ2v) is 9.60. The molecule has 0 saturated carbocycles. The van der Waals surface area contributed by atoms with E-state index in [9.17, 15) is 24.4 Å². The highest BCUT2D eigenvalue weighted by atomic mass is 16.5. The number of imide groups is 1. The topological polar surface area (TPSA) is 122 Å². The Morgan fingerprint density at radius 1 is 1.09 bits per heavy atom. The molecule has 0 bridgehead atoms. The van der Waals surface area contributed by atoms with Crippen LogP contribution in [0, 0.1) is 17.8 Å². The lowest BCUT2D eigenvalue weighted by molar-refractivity contribution is -0.145. The molecule has 186 valence electrons. The van der Waals surface area contributed by atoms with Crippen molar-refractivity contribution in [3.05, 3.63) is 35.9 Å². The molecule has 2 aliphatic heterocycles. The van der Waals surface area contributed by atoms with Gasteiger partial charge in [0.1, 0.15) is 6.04 Å². The first-order valence-electron chi connectivity index (χ1n) is 11.8. The van der Waals surface area contributed by atoms with Crippen LogP contribution in [-0.2, 0) is 20.8 Å². The summed E-state index contributed by atoms with van der Waals surface area (Å²) in [5.41, 5.74) is 5.31. The minimum absolute atomic E-state index is 0.0730. The largest absolute Gasteiger partial charge is 0.346 e. The number of nitrogens with one attached hydrogen (secondary N) is 2. The summed E-state index contributed by atoms with van der Waals surface area (Å²) in [6.45, 7) is 5.32. The SMILES string of the molecule is CC(C)C[C@@H](C(=O)NN1C(=O)C2CN(C)CCN2C1=O)[C@H](CCCc1ccccc1)C(=O)NO. The molecule has 10 nitrogen and oxygen atoms in total. The number of aryl methyl sites for hydroxylation is 1. The van der Waals surface area contributed by atoms with Crippen molar-refractivity contribution in [2.24, 2.45) is 17.8 Å². The van der Waals surface area contributed by atoms with E-state index in [1.165, 1.54) is 4.90 Å². The van der Waals surface area contributed by atoms with E-state index in [0.29, 0.717) is 38.9 Å². The number of carbonyl (C=O) groups excluding carboxylic acids is 4. The highest BCUT2D eigenvalue weighted by Crippen LogP contribution is 2.27. The molecule has 1 unspecified atom stereocenters. The van der Waals surface area contributed by atoms with E-state index in [2.05, 4.69) is 5.43 Å². The quantitative estimate of drug-likeness (QED) is 0.268. The van der Waals surface area contributed by atoms with Crippen molar-refractivity contribution >= 4 is 23.8 Å². The van der Waals surface area contributed by atoms with Gasteiger partial charge in [-0.15, -0.1) is 0 Å². The zero-order valence-electron chi connectivity index (χ0n) is 20.1. The second-order valence-electron chi connectivity index (χ2n) is 9.60. The molecule has 1 aromatic carbocycles. The molecule has 3 rings (SSSR count). The number of rotatable bonds is 10. The number of hydrogen-bond acceptors (Lipinski definition) is 6. The van der Waals surface area contributed by atoms with Crippen molar-refractivity contribution in [3.63, 3.8) is 0 Å². The Morgan fingerprint density at radius 2 is 1.79 bits per heavy atom. The van der Waals surface area contributed by atoms with Gasteiger partial charge in [0, 0.05) is 19.6 Å². The van der Waals surface area contributed by atoms with Crippen LogP contribution in [0.4, 0.5) is 4.79 Å². The third-order valence-corrected chi connectivity index (χ3v) is 6.57. The van der Waals surface area contributed by atoms with Gasteiger partial charge in [-0.25, -0.2) is 10.3 Å². The van der Waals surface area contributed by atoms with E-state index in [1.807, 2.05) is 56.1 Å². The van der Waals surface area contributed by atoms with Gasteiger partial charge in [-0.3, -0.25) is 25.0 Å². The van der Waals surface area contributed by atoms with Crippen LogP contribution in [0.5, 0.6) is 0 Å². The number of fused-ring (bicyclic) bond motifs is 1. The van der Waals surface area contributed by atoms with E-state index in [-0.39, 0.29) is 5.92 Å². The standard InChI is InChI=1S/C24H35N5O5/c1-16(2)14-19(18(22(31)26-34)11-7-10-17-8-5-4-6-9-17)21(30)25-29-23(32)20-15-27(3)12-13-28(20)24(29)33/h4-6,8-9,16,18-20,34H,7,10-15H2,1-3H3,(H,25,30)(H,26,31)/t18-,19+,20?/m0/s1. The summed E-state index contributed by atoms with van der Waals surface area (Å²) < 4.78 is 0. The third-order valence-electron chi connectivity index (χ3n) is 6.57. The highest BCUT2D eigenvalue weighted by molar-refractivity contribution is 6.05. The van der Waals surface area contributed by atoms with Crippen LogP contribution in [-0.4, -0.2) is 76.5 Å². The minimum Gasteiger partial charge on any atom is -0.308 e. The van der Waals surface area contributed by atoms with Crippen LogP contribution in [0.3, 0.4) is 0 Å². The molecule has 0 spiro atoms. The maximum absolute atomic E-state index is 13.3. The number of hydrazine groups is 1. The summed E-state index contributed by atoms with van der Waals surface area (Å²) in [4.78, 5) is 55.0. The molecule has 3 atom stereocenters. The first-order chi connectivity index (χ1) is 16.2. The Labute approximate surface area is 200 Å². The van der Waals surface area contributed by atoms with Gasteiger partial charge in [0.15, 0.2) is 0 Å². The molecule has 2 heterocycles. The fourth-order valence-electron chi connectivity index (χ4n) is 4.76. The monoisotopic (exact) mass is 473 g/mol. The van der Waals surface area contributed by atoms with Crippen LogP contribution in [0.1, 0.15) is 38.7 Å². The predicted molar refractivity (Wildman–Crippen MR) is 124 cm³/mol. The number of urea groups is 1. The van der Waals surface area contributed by atoms with Gasteiger partial charge in [-0.05, 0) is 44.2 Å². The Balaban J connectivity index is 1.73. The van der Waals surface area contributed by atoms with Gasteiger partial charge < -0.3 is 9.80 Å². The van der Waals surface area contributed by atoms with Gasteiger partial charge in [0.2, 0.25) is 11.8 Å². The van der Waals surface area contributed by atoms with Gasteiger partial charge in [0.05, 0.1) is 11.8 Å². The lowest BCUT2D eigenvalue weighted by Gasteiger charge is -2.32. The average molecular weight is 474 g/mol. The summed E-state index contributed by atoms with van der Waals surface area (Å²) in [6.07, 6.45) is 2.09. The van der Waals surface area contributed by atoms with Crippen molar-refractivity contribution in [2.45, 2.75) is 45.6 Å². The molecular formula is C24H35N5O5.